The van der Waals surface area contributed by atoms with Crippen LogP contribution in [-0.2, 0) is 0 Å². The van der Waals surface area contributed by atoms with Crippen LogP contribution in [0.4, 0.5) is 0 Å². The topological polar surface area (TPSA) is 56.0 Å². The van der Waals surface area contributed by atoms with E-state index in [-0.39, 0.29) is 0 Å². The minimum absolute atomic E-state index is 0.295. The van der Waals surface area contributed by atoms with Crippen LogP contribution in [0.2, 0.25) is 10.3 Å². The highest BCUT2D eigenvalue weighted by Crippen LogP contribution is 2.32. The van der Waals surface area contributed by atoms with Crippen LogP contribution in [0.3, 0.4) is 0 Å². The van der Waals surface area contributed by atoms with Crippen LogP contribution < -0.4 is 0 Å². The van der Waals surface area contributed by atoms with Crippen molar-refractivity contribution < 1.29 is 0 Å². The Morgan fingerprint density at radius 3 is 2.62 bits per heavy atom. The van der Waals surface area contributed by atoms with E-state index in [9.17, 15) is 0 Å². The average Bonchev–Trinajstić information content (AvgIpc) is 3.08. The number of pyridine rings is 1. The largest absolute Gasteiger partial charge is 0.271 e. The maximum atomic E-state index is 6.52. The van der Waals surface area contributed by atoms with Gasteiger partial charge in [0.25, 0.3) is 0 Å². The quantitative estimate of drug-likeness (QED) is 0.379. The third-order valence-corrected chi connectivity index (χ3v) is 4.97. The molecule has 0 aliphatic heterocycles. The molecule has 0 spiro atoms. The van der Waals surface area contributed by atoms with Gasteiger partial charge in [-0.3, -0.25) is 4.40 Å². The van der Waals surface area contributed by atoms with Gasteiger partial charge in [-0.1, -0.05) is 53.5 Å². The number of para-hydroxylation sites is 3. The van der Waals surface area contributed by atoms with Gasteiger partial charge in [0.05, 0.1) is 22.1 Å². The molecular weight excluding hydrogens is 369 g/mol. The maximum absolute atomic E-state index is 6.52. The van der Waals surface area contributed by atoms with Gasteiger partial charge < -0.3 is 0 Å². The number of halogens is 2. The SMILES string of the molecule is Cc1cccc2cc(-c3nnc4c(Cl)nc5ccccc5n34)c(Cl)nc12. The van der Waals surface area contributed by atoms with Crippen LogP contribution in [0.5, 0.6) is 0 Å². The molecule has 0 N–H and O–H groups in total. The lowest BCUT2D eigenvalue weighted by molar-refractivity contribution is 1.11. The van der Waals surface area contributed by atoms with Crippen LogP contribution >= 0.6 is 23.2 Å². The number of fused-ring (bicyclic) bond motifs is 4. The summed E-state index contributed by atoms with van der Waals surface area (Å²) in [7, 11) is 0. The first-order chi connectivity index (χ1) is 12.6. The molecule has 0 saturated heterocycles. The Labute approximate surface area is 158 Å². The van der Waals surface area contributed by atoms with Crippen molar-refractivity contribution in [3.05, 3.63) is 64.4 Å². The van der Waals surface area contributed by atoms with E-state index in [0.29, 0.717) is 27.3 Å². The van der Waals surface area contributed by atoms with Crippen molar-refractivity contribution in [2.75, 3.05) is 0 Å². The molecule has 0 radical (unpaired) electrons. The Balaban J connectivity index is 1.91. The second-order valence-electron chi connectivity index (χ2n) is 6.05. The zero-order chi connectivity index (χ0) is 17.8. The van der Waals surface area contributed by atoms with Crippen LogP contribution in [0, 0.1) is 6.92 Å². The van der Waals surface area contributed by atoms with Crippen LogP contribution in [0.25, 0.3) is 39.0 Å². The van der Waals surface area contributed by atoms with Crippen molar-refractivity contribution >= 4 is 50.8 Å². The normalized spacial score (nSPS) is 11.7. The number of hydrogen-bond acceptors (Lipinski definition) is 4. The Kier molecular flexibility index (Phi) is 3.35. The van der Waals surface area contributed by atoms with Crippen LogP contribution in [0.15, 0.2) is 48.5 Å². The zero-order valence-corrected chi connectivity index (χ0v) is 15.1. The molecule has 0 aliphatic carbocycles. The summed E-state index contributed by atoms with van der Waals surface area (Å²) < 4.78 is 1.87. The van der Waals surface area contributed by atoms with Gasteiger partial charge >= 0.3 is 0 Å². The minimum Gasteiger partial charge on any atom is -0.271 e. The highest BCUT2D eigenvalue weighted by molar-refractivity contribution is 6.33. The third-order valence-electron chi connectivity index (χ3n) is 4.43. The Morgan fingerprint density at radius 1 is 0.885 bits per heavy atom. The average molecular weight is 380 g/mol. The van der Waals surface area contributed by atoms with E-state index in [2.05, 4.69) is 20.2 Å². The fourth-order valence-electron chi connectivity index (χ4n) is 3.21. The molecule has 0 aliphatic rings. The molecule has 0 amide bonds. The molecule has 0 saturated carbocycles. The van der Waals surface area contributed by atoms with Gasteiger partial charge in [0.2, 0.25) is 0 Å². The summed E-state index contributed by atoms with van der Waals surface area (Å²) in [5, 5.41) is 10.2. The van der Waals surface area contributed by atoms with E-state index in [1.54, 1.807) is 0 Å². The highest BCUT2D eigenvalue weighted by Gasteiger charge is 2.18. The van der Waals surface area contributed by atoms with E-state index in [1.165, 1.54) is 0 Å². The molecule has 126 valence electrons. The molecule has 3 aromatic heterocycles. The molecule has 0 bridgehead atoms. The number of rotatable bonds is 1. The Bertz CT molecular complexity index is 1330. The molecule has 0 fully saturated rings. The van der Waals surface area contributed by atoms with E-state index in [0.717, 1.165) is 27.5 Å². The lowest BCUT2D eigenvalue weighted by atomic mass is 10.1. The third kappa shape index (κ3) is 2.18. The van der Waals surface area contributed by atoms with Gasteiger partial charge in [-0.05, 0) is 30.7 Å². The van der Waals surface area contributed by atoms with Crippen molar-refractivity contribution in [3.63, 3.8) is 0 Å². The summed E-state index contributed by atoms with van der Waals surface area (Å²) in [4.78, 5) is 8.96. The molecule has 26 heavy (non-hydrogen) atoms. The lowest BCUT2D eigenvalue weighted by Gasteiger charge is -2.08. The molecule has 0 atom stereocenters. The summed E-state index contributed by atoms with van der Waals surface area (Å²) in [5.74, 6) is 0.585. The summed E-state index contributed by atoms with van der Waals surface area (Å²) in [5.41, 5.74) is 4.74. The van der Waals surface area contributed by atoms with Crippen LogP contribution in [-0.4, -0.2) is 24.6 Å². The number of nitrogens with zero attached hydrogens (tertiary/aromatic N) is 5. The molecule has 7 heteroatoms. The maximum Gasteiger partial charge on any atom is 0.199 e. The molecule has 5 rings (SSSR count). The van der Waals surface area contributed by atoms with Crippen LogP contribution in [0.1, 0.15) is 5.56 Å². The monoisotopic (exact) mass is 379 g/mol. The molecule has 0 unspecified atom stereocenters. The predicted octanol–water partition coefficient (Wildman–Crippen LogP) is 5.11. The zero-order valence-electron chi connectivity index (χ0n) is 13.6. The smallest absolute Gasteiger partial charge is 0.199 e. The minimum atomic E-state index is 0.295. The van der Waals surface area contributed by atoms with Crippen molar-refractivity contribution in [3.8, 4) is 11.4 Å². The second kappa shape index (κ2) is 5.62. The van der Waals surface area contributed by atoms with Crippen molar-refractivity contribution in [2.24, 2.45) is 0 Å². The van der Waals surface area contributed by atoms with Crippen molar-refractivity contribution in [1.29, 1.82) is 0 Å². The lowest BCUT2D eigenvalue weighted by Crippen LogP contribution is -1.97. The summed E-state index contributed by atoms with van der Waals surface area (Å²) in [6.45, 7) is 2.01. The first-order valence-electron chi connectivity index (χ1n) is 7.99. The van der Waals surface area contributed by atoms with Gasteiger partial charge in [-0.15, -0.1) is 10.2 Å². The molecule has 5 aromatic rings. The van der Waals surface area contributed by atoms with E-state index < -0.39 is 0 Å². The second-order valence-corrected chi connectivity index (χ2v) is 6.76. The number of aromatic nitrogens is 5. The van der Waals surface area contributed by atoms with E-state index in [1.807, 2.05) is 59.9 Å². The van der Waals surface area contributed by atoms with Gasteiger partial charge in [0.15, 0.2) is 16.6 Å². The highest BCUT2D eigenvalue weighted by atomic mass is 35.5. The van der Waals surface area contributed by atoms with Gasteiger partial charge in [0.1, 0.15) is 5.15 Å². The molecule has 3 heterocycles. The van der Waals surface area contributed by atoms with E-state index in [4.69, 9.17) is 23.2 Å². The number of hydrogen-bond donors (Lipinski definition) is 0. The van der Waals surface area contributed by atoms with E-state index >= 15 is 0 Å². The van der Waals surface area contributed by atoms with Gasteiger partial charge in [0, 0.05) is 5.39 Å². The fraction of sp³-hybridized carbons (Fsp3) is 0.0526. The predicted molar refractivity (Wildman–Crippen MR) is 104 cm³/mol. The summed E-state index contributed by atoms with van der Waals surface area (Å²) >= 11 is 12.8. The Morgan fingerprint density at radius 2 is 1.73 bits per heavy atom. The fourth-order valence-corrected chi connectivity index (χ4v) is 3.64. The Hall–Kier alpha value is -2.76. The number of benzene rings is 2. The first kappa shape index (κ1) is 15.5. The summed E-state index contributed by atoms with van der Waals surface area (Å²) in [6, 6.07) is 15.7. The number of aryl methyl sites for hydroxylation is 1. The first-order valence-corrected chi connectivity index (χ1v) is 8.75. The van der Waals surface area contributed by atoms with Gasteiger partial charge in [-0.25, -0.2) is 9.97 Å². The molecular formula is C19H11Cl2N5. The van der Waals surface area contributed by atoms with Crippen molar-refractivity contribution in [1.82, 2.24) is 24.6 Å². The summed E-state index contributed by atoms with van der Waals surface area (Å²) in [6.07, 6.45) is 0. The standard InChI is InChI=1S/C19H11Cl2N5/c1-10-5-4-6-11-9-12(16(20)23-15(10)11)18-24-25-19-17(21)22-13-7-2-3-8-14(13)26(18)19/h2-9H,1H3. The van der Waals surface area contributed by atoms with Gasteiger partial charge in [-0.2, -0.15) is 0 Å². The molecule has 5 nitrogen and oxygen atoms in total. The van der Waals surface area contributed by atoms with Crippen molar-refractivity contribution in [2.45, 2.75) is 6.92 Å². The molecule has 2 aromatic carbocycles.